The van der Waals surface area contributed by atoms with Gasteiger partial charge in [0.2, 0.25) is 5.91 Å². The van der Waals surface area contributed by atoms with Crippen LogP contribution in [0.3, 0.4) is 0 Å². The molecule has 1 amide bonds. The average molecular weight is 293 g/mol. The first-order valence-corrected chi connectivity index (χ1v) is 6.04. The van der Waals surface area contributed by atoms with E-state index >= 15 is 0 Å². The third-order valence-electron chi connectivity index (χ3n) is 2.10. The van der Waals surface area contributed by atoms with Crippen molar-refractivity contribution < 1.29 is 18.3 Å². The smallest absolute Gasteiger partial charge is 0.387 e. The molecular weight excluding hydrogens is 278 g/mol. The highest BCUT2D eigenvalue weighted by Crippen LogP contribution is 2.28. The minimum atomic E-state index is -2.94. The van der Waals surface area contributed by atoms with Gasteiger partial charge in [-0.15, -0.1) is 0 Å². The molecule has 0 spiro atoms. The second-order valence-corrected chi connectivity index (χ2v) is 4.51. The summed E-state index contributed by atoms with van der Waals surface area (Å²) in [7, 11) is 0. The van der Waals surface area contributed by atoms with Crippen molar-refractivity contribution in [3.63, 3.8) is 0 Å². The van der Waals surface area contributed by atoms with Crippen molar-refractivity contribution in [1.82, 2.24) is 5.32 Å². The molecule has 106 valence electrons. The quantitative estimate of drug-likeness (QED) is 0.847. The van der Waals surface area contributed by atoms with Gasteiger partial charge in [0.05, 0.1) is 11.6 Å². The van der Waals surface area contributed by atoms with Gasteiger partial charge in [0.15, 0.2) is 0 Å². The molecule has 0 aromatic heterocycles. The fourth-order valence-electron chi connectivity index (χ4n) is 1.27. The maximum absolute atomic E-state index is 12.0. The van der Waals surface area contributed by atoms with Crippen LogP contribution in [-0.2, 0) is 4.79 Å². The van der Waals surface area contributed by atoms with E-state index in [-0.39, 0.29) is 29.3 Å². The Hall–Kier alpha value is -1.40. The van der Waals surface area contributed by atoms with E-state index < -0.39 is 6.61 Å². The van der Waals surface area contributed by atoms with Crippen LogP contribution in [0.4, 0.5) is 14.5 Å². The van der Waals surface area contributed by atoms with Gasteiger partial charge in [0.1, 0.15) is 5.75 Å². The first-order chi connectivity index (χ1) is 8.88. The largest absolute Gasteiger partial charge is 0.433 e. The van der Waals surface area contributed by atoms with Gasteiger partial charge in [-0.05, 0) is 18.2 Å². The number of rotatable bonds is 6. The van der Waals surface area contributed by atoms with E-state index in [0.717, 1.165) is 0 Å². The molecule has 0 heterocycles. The van der Waals surface area contributed by atoms with E-state index in [1.807, 2.05) is 13.8 Å². The monoisotopic (exact) mass is 292 g/mol. The predicted octanol–water partition coefficient (Wildman–Crippen LogP) is 2.88. The fourth-order valence-corrected chi connectivity index (χ4v) is 1.50. The number of benzene rings is 1. The lowest BCUT2D eigenvalue weighted by Gasteiger charge is -2.11. The van der Waals surface area contributed by atoms with Crippen LogP contribution in [0.2, 0.25) is 5.02 Å². The van der Waals surface area contributed by atoms with Gasteiger partial charge >= 0.3 is 6.61 Å². The zero-order valence-electron chi connectivity index (χ0n) is 10.5. The lowest BCUT2D eigenvalue weighted by molar-refractivity contribution is -0.115. The number of hydrogen-bond acceptors (Lipinski definition) is 3. The molecule has 0 aliphatic carbocycles. The Morgan fingerprint density at radius 2 is 2.11 bits per heavy atom. The molecule has 0 aliphatic rings. The molecule has 0 bridgehead atoms. The van der Waals surface area contributed by atoms with E-state index in [2.05, 4.69) is 15.4 Å². The number of ether oxygens (including phenoxy) is 1. The average Bonchev–Trinajstić information content (AvgIpc) is 2.29. The van der Waals surface area contributed by atoms with E-state index in [4.69, 9.17) is 11.6 Å². The number of nitrogens with one attached hydrogen (secondary N) is 2. The summed E-state index contributed by atoms with van der Waals surface area (Å²) >= 11 is 5.76. The van der Waals surface area contributed by atoms with Crippen LogP contribution in [0, 0.1) is 0 Å². The molecule has 0 aliphatic heterocycles. The second-order valence-electron chi connectivity index (χ2n) is 4.11. The van der Waals surface area contributed by atoms with Crippen molar-refractivity contribution in [2.24, 2.45) is 0 Å². The third-order valence-corrected chi connectivity index (χ3v) is 2.40. The van der Waals surface area contributed by atoms with Crippen LogP contribution in [0.1, 0.15) is 13.8 Å². The van der Waals surface area contributed by atoms with Crippen molar-refractivity contribution in [2.45, 2.75) is 26.5 Å². The van der Waals surface area contributed by atoms with Gasteiger partial charge in [-0.3, -0.25) is 4.79 Å². The Bertz CT molecular complexity index is 442. The zero-order chi connectivity index (χ0) is 14.4. The second kappa shape index (κ2) is 7.25. The third kappa shape index (κ3) is 5.85. The van der Waals surface area contributed by atoms with Gasteiger partial charge in [0, 0.05) is 11.7 Å². The van der Waals surface area contributed by atoms with Crippen molar-refractivity contribution in [3.05, 3.63) is 23.2 Å². The Morgan fingerprint density at radius 3 is 2.63 bits per heavy atom. The van der Waals surface area contributed by atoms with E-state index in [1.54, 1.807) is 0 Å². The van der Waals surface area contributed by atoms with Gasteiger partial charge < -0.3 is 15.4 Å². The molecule has 19 heavy (non-hydrogen) atoms. The highest BCUT2D eigenvalue weighted by atomic mass is 35.5. The number of carbonyl (C=O) groups excluding carboxylic acids is 1. The van der Waals surface area contributed by atoms with Crippen molar-refractivity contribution in [2.75, 3.05) is 11.9 Å². The lowest BCUT2D eigenvalue weighted by atomic mass is 10.3. The molecule has 1 aromatic carbocycles. The van der Waals surface area contributed by atoms with Crippen LogP contribution in [0.15, 0.2) is 18.2 Å². The maximum Gasteiger partial charge on any atom is 0.387 e. The van der Waals surface area contributed by atoms with Crippen LogP contribution < -0.4 is 15.4 Å². The van der Waals surface area contributed by atoms with E-state index in [1.165, 1.54) is 18.2 Å². The van der Waals surface area contributed by atoms with Crippen molar-refractivity contribution in [1.29, 1.82) is 0 Å². The summed E-state index contributed by atoms with van der Waals surface area (Å²) in [6.07, 6.45) is 0. The topological polar surface area (TPSA) is 50.4 Å². The number of carbonyl (C=O) groups is 1. The highest BCUT2D eigenvalue weighted by molar-refractivity contribution is 6.32. The summed E-state index contributed by atoms with van der Waals surface area (Å²) in [6, 6.07) is 4.26. The molecule has 7 heteroatoms. The van der Waals surface area contributed by atoms with Crippen LogP contribution in [-0.4, -0.2) is 25.1 Å². The molecule has 0 atom stereocenters. The van der Waals surface area contributed by atoms with Gasteiger partial charge in [0.25, 0.3) is 0 Å². The van der Waals surface area contributed by atoms with Crippen molar-refractivity contribution in [3.8, 4) is 5.75 Å². The van der Waals surface area contributed by atoms with E-state index in [0.29, 0.717) is 5.69 Å². The predicted molar refractivity (Wildman–Crippen MR) is 69.9 cm³/mol. The zero-order valence-corrected chi connectivity index (χ0v) is 11.3. The molecule has 0 saturated heterocycles. The molecule has 0 radical (unpaired) electrons. The fraction of sp³-hybridized carbons (Fsp3) is 0.417. The Labute approximate surface area is 115 Å². The Kier molecular flexibility index (Phi) is 5.98. The van der Waals surface area contributed by atoms with Crippen molar-refractivity contribution >= 4 is 23.2 Å². The summed E-state index contributed by atoms with van der Waals surface area (Å²) in [5, 5.41) is 5.55. The molecule has 0 fully saturated rings. The number of hydrogen-bond donors (Lipinski definition) is 2. The Balaban J connectivity index is 2.60. The Morgan fingerprint density at radius 1 is 1.42 bits per heavy atom. The minimum Gasteiger partial charge on any atom is -0.433 e. The normalized spacial score (nSPS) is 10.9. The summed E-state index contributed by atoms with van der Waals surface area (Å²) in [6.45, 7) is 1.06. The summed E-state index contributed by atoms with van der Waals surface area (Å²) in [5.41, 5.74) is 0.419. The first kappa shape index (κ1) is 15.7. The molecule has 0 saturated carbocycles. The lowest BCUT2D eigenvalue weighted by Crippen LogP contribution is -2.32. The SMILES string of the molecule is CC(C)NCC(=O)Nc1ccc(OC(F)F)c(Cl)c1. The van der Waals surface area contributed by atoms with Crippen LogP contribution in [0.5, 0.6) is 5.75 Å². The number of halogens is 3. The number of alkyl halides is 2. The summed E-state index contributed by atoms with van der Waals surface area (Å²) < 4.78 is 28.3. The molecule has 1 aromatic rings. The highest BCUT2D eigenvalue weighted by Gasteiger charge is 2.10. The van der Waals surface area contributed by atoms with Gasteiger partial charge in [-0.1, -0.05) is 25.4 Å². The van der Waals surface area contributed by atoms with Gasteiger partial charge in [-0.2, -0.15) is 8.78 Å². The van der Waals surface area contributed by atoms with Crippen LogP contribution >= 0.6 is 11.6 Å². The first-order valence-electron chi connectivity index (χ1n) is 5.66. The summed E-state index contributed by atoms with van der Waals surface area (Å²) in [5.74, 6) is -0.373. The van der Waals surface area contributed by atoms with E-state index in [9.17, 15) is 13.6 Å². The van der Waals surface area contributed by atoms with Crippen LogP contribution in [0.25, 0.3) is 0 Å². The molecule has 0 unspecified atom stereocenters. The number of anilines is 1. The number of amides is 1. The standard InChI is InChI=1S/C12H15ClF2N2O2/c1-7(2)16-6-11(18)17-8-3-4-10(9(13)5-8)19-12(14)15/h3-5,7,12,16H,6H2,1-2H3,(H,17,18). The minimum absolute atomic E-state index is 0.00918. The summed E-state index contributed by atoms with van der Waals surface area (Å²) in [4.78, 5) is 11.5. The maximum atomic E-state index is 12.0. The molecular formula is C12H15ClF2N2O2. The molecule has 4 nitrogen and oxygen atoms in total. The molecule has 2 N–H and O–H groups in total. The van der Waals surface area contributed by atoms with Gasteiger partial charge in [-0.25, -0.2) is 0 Å². The molecule has 1 rings (SSSR count).